The monoisotopic (exact) mass is 249 g/mol. The fraction of sp³-hybridized carbons (Fsp3) is 0.600. The predicted molar refractivity (Wildman–Crippen MR) is 73.3 cm³/mol. The largest absolute Gasteiger partial charge is 0.486 e. The van der Waals surface area contributed by atoms with Gasteiger partial charge < -0.3 is 14.8 Å². The van der Waals surface area contributed by atoms with Gasteiger partial charge in [-0.1, -0.05) is 17.7 Å². The van der Waals surface area contributed by atoms with Crippen molar-refractivity contribution < 1.29 is 9.47 Å². The molecule has 0 bridgehead atoms. The van der Waals surface area contributed by atoms with Crippen molar-refractivity contribution in [3.63, 3.8) is 0 Å². The number of benzene rings is 1. The van der Waals surface area contributed by atoms with Crippen LogP contribution in [0.4, 0.5) is 0 Å². The highest BCUT2D eigenvalue weighted by Crippen LogP contribution is 2.40. The van der Waals surface area contributed by atoms with Gasteiger partial charge in [0.15, 0.2) is 0 Å². The zero-order valence-electron chi connectivity index (χ0n) is 11.6. The van der Waals surface area contributed by atoms with Crippen molar-refractivity contribution in [3.05, 3.63) is 29.3 Å². The van der Waals surface area contributed by atoms with Gasteiger partial charge in [-0.2, -0.15) is 0 Å². The van der Waals surface area contributed by atoms with Crippen LogP contribution in [-0.2, 0) is 4.74 Å². The number of aryl methyl sites for hydroxylation is 2. The lowest BCUT2D eigenvalue weighted by atomic mass is 10.1. The minimum absolute atomic E-state index is 0.0216. The third-order valence-electron chi connectivity index (χ3n) is 3.39. The maximum absolute atomic E-state index is 6.18. The molecule has 3 heteroatoms. The van der Waals surface area contributed by atoms with Gasteiger partial charge in [-0.3, -0.25) is 0 Å². The molecule has 1 aliphatic rings. The minimum Gasteiger partial charge on any atom is -0.486 e. The van der Waals surface area contributed by atoms with Gasteiger partial charge in [0.1, 0.15) is 11.4 Å². The van der Waals surface area contributed by atoms with Crippen LogP contribution in [0.25, 0.3) is 0 Å². The van der Waals surface area contributed by atoms with Crippen molar-refractivity contribution in [2.24, 2.45) is 0 Å². The van der Waals surface area contributed by atoms with Crippen molar-refractivity contribution in [1.82, 2.24) is 5.32 Å². The molecule has 0 spiro atoms. The first kappa shape index (κ1) is 13.4. The van der Waals surface area contributed by atoms with Gasteiger partial charge in [-0.15, -0.1) is 0 Å². The van der Waals surface area contributed by atoms with Gasteiger partial charge in [-0.25, -0.2) is 0 Å². The highest BCUT2D eigenvalue weighted by atomic mass is 16.5. The lowest BCUT2D eigenvalue weighted by Crippen LogP contribution is -2.35. The average Bonchev–Trinajstić information content (AvgIpc) is 3.09. The molecule has 0 saturated heterocycles. The van der Waals surface area contributed by atoms with E-state index in [1.54, 1.807) is 7.11 Å². The Kier molecular flexibility index (Phi) is 4.25. The van der Waals surface area contributed by atoms with E-state index in [-0.39, 0.29) is 5.60 Å². The number of nitrogens with one attached hydrogen (secondary N) is 1. The van der Waals surface area contributed by atoms with E-state index in [4.69, 9.17) is 9.47 Å². The molecule has 0 amide bonds. The molecule has 1 N–H and O–H groups in total. The van der Waals surface area contributed by atoms with E-state index in [2.05, 4.69) is 37.4 Å². The summed E-state index contributed by atoms with van der Waals surface area (Å²) in [4.78, 5) is 0. The van der Waals surface area contributed by atoms with Crippen LogP contribution in [0, 0.1) is 13.8 Å². The molecule has 100 valence electrons. The van der Waals surface area contributed by atoms with E-state index in [9.17, 15) is 0 Å². The van der Waals surface area contributed by atoms with E-state index in [0.717, 1.165) is 38.3 Å². The van der Waals surface area contributed by atoms with Crippen LogP contribution < -0.4 is 10.1 Å². The minimum atomic E-state index is 0.0216. The van der Waals surface area contributed by atoms with Crippen molar-refractivity contribution in [2.75, 3.05) is 26.8 Å². The van der Waals surface area contributed by atoms with Crippen LogP contribution in [0.1, 0.15) is 24.0 Å². The molecule has 0 radical (unpaired) electrons. The molecule has 0 unspecified atom stereocenters. The third kappa shape index (κ3) is 3.47. The van der Waals surface area contributed by atoms with E-state index in [1.807, 2.05) is 0 Å². The molecule has 1 aromatic rings. The summed E-state index contributed by atoms with van der Waals surface area (Å²) in [6.07, 6.45) is 2.28. The van der Waals surface area contributed by atoms with Gasteiger partial charge >= 0.3 is 0 Å². The van der Waals surface area contributed by atoms with Crippen LogP contribution in [0.15, 0.2) is 18.2 Å². The highest BCUT2D eigenvalue weighted by Gasteiger charge is 2.45. The summed E-state index contributed by atoms with van der Waals surface area (Å²) in [5.74, 6) is 1.02. The first-order valence-electron chi connectivity index (χ1n) is 6.61. The Bertz CT molecular complexity index is 399. The fourth-order valence-electron chi connectivity index (χ4n) is 2.09. The first-order chi connectivity index (χ1) is 8.65. The lowest BCUT2D eigenvalue weighted by Gasteiger charge is -2.20. The summed E-state index contributed by atoms with van der Waals surface area (Å²) in [5.41, 5.74) is 2.52. The Hall–Kier alpha value is -1.06. The molecule has 0 aliphatic heterocycles. The topological polar surface area (TPSA) is 30.5 Å². The third-order valence-corrected chi connectivity index (χ3v) is 3.39. The van der Waals surface area contributed by atoms with E-state index < -0.39 is 0 Å². The smallest absolute Gasteiger partial charge is 0.123 e. The van der Waals surface area contributed by atoms with E-state index in [1.165, 1.54) is 11.1 Å². The van der Waals surface area contributed by atoms with Gasteiger partial charge in [0.25, 0.3) is 0 Å². The molecular formula is C15H23NO2. The summed E-state index contributed by atoms with van der Waals surface area (Å²) >= 11 is 0. The quantitative estimate of drug-likeness (QED) is 0.753. The first-order valence-corrected chi connectivity index (χ1v) is 6.61. The number of hydrogen-bond acceptors (Lipinski definition) is 3. The Labute approximate surface area is 109 Å². The Balaban J connectivity index is 1.88. The molecule has 0 atom stereocenters. The number of ether oxygens (including phenoxy) is 2. The lowest BCUT2D eigenvalue weighted by molar-refractivity contribution is 0.161. The Morgan fingerprint density at radius 2 is 2.06 bits per heavy atom. The molecule has 0 aromatic heterocycles. The Morgan fingerprint density at radius 3 is 2.67 bits per heavy atom. The second-order valence-corrected chi connectivity index (χ2v) is 5.22. The van der Waals surface area contributed by atoms with E-state index in [0.29, 0.717) is 0 Å². The average molecular weight is 249 g/mol. The summed E-state index contributed by atoms with van der Waals surface area (Å²) < 4.78 is 11.2. The SMILES string of the molecule is COCCNCC1(Oc2ccc(C)cc2C)CC1. The number of hydrogen-bond donors (Lipinski definition) is 1. The molecule has 1 fully saturated rings. The van der Waals surface area contributed by atoms with Crippen LogP contribution in [0.5, 0.6) is 5.75 Å². The second kappa shape index (κ2) is 5.72. The molecule has 2 rings (SSSR count). The van der Waals surface area contributed by atoms with Gasteiger partial charge in [0, 0.05) is 20.2 Å². The van der Waals surface area contributed by atoms with Gasteiger partial charge in [0.05, 0.1) is 6.61 Å². The van der Waals surface area contributed by atoms with Crippen LogP contribution in [-0.4, -0.2) is 32.4 Å². The fourth-order valence-corrected chi connectivity index (χ4v) is 2.09. The van der Waals surface area contributed by atoms with Crippen molar-refractivity contribution >= 4 is 0 Å². The summed E-state index contributed by atoms with van der Waals surface area (Å²) in [6.45, 7) is 6.75. The maximum atomic E-state index is 6.18. The molecular weight excluding hydrogens is 226 g/mol. The number of methoxy groups -OCH3 is 1. The second-order valence-electron chi connectivity index (χ2n) is 5.22. The van der Waals surface area contributed by atoms with Gasteiger partial charge in [0.2, 0.25) is 0 Å². The molecule has 1 saturated carbocycles. The van der Waals surface area contributed by atoms with Crippen molar-refractivity contribution in [2.45, 2.75) is 32.3 Å². The maximum Gasteiger partial charge on any atom is 0.123 e. The van der Waals surface area contributed by atoms with Crippen LogP contribution >= 0.6 is 0 Å². The molecule has 1 aliphatic carbocycles. The summed E-state index contributed by atoms with van der Waals surface area (Å²) in [6, 6.07) is 6.36. The van der Waals surface area contributed by atoms with Crippen LogP contribution in [0.3, 0.4) is 0 Å². The normalized spacial score (nSPS) is 16.6. The highest BCUT2D eigenvalue weighted by molar-refractivity contribution is 5.36. The number of rotatable bonds is 7. The van der Waals surface area contributed by atoms with Gasteiger partial charge in [-0.05, 0) is 38.3 Å². The molecule has 1 aromatic carbocycles. The van der Waals surface area contributed by atoms with Crippen molar-refractivity contribution in [1.29, 1.82) is 0 Å². The van der Waals surface area contributed by atoms with Crippen molar-refractivity contribution in [3.8, 4) is 5.75 Å². The zero-order valence-corrected chi connectivity index (χ0v) is 11.6. The zero-order chi connectivity index (χ0) is 13.0. The molecule has 3 nitrogen and oxygen atoms in total. The summed E-state index contributed by atoms with van der Waals surface area (Å²) in [7, 11) is 1.72. The Morgan fingerprint density at radius 1 is 1.28 bits per heavy atom. The standard InChI is InChI=1S/C15H23NO2/c1-12-4-5-14(13(2)10-12)18-15(6-7-15)11-16-8-9-17-3/h4-5,10,16H,6-9,11H2,1-3H3. The molecule has 0 heterocycles. The summed E-state index contributed by atoms with van der Waals surface area (Å²) in [5, 5.41) is 3.39. The molecule has 18 heavy (non-hydrogen) atoms. The van der Waals surface area contributed by atoms with Crippen LogP contribution in [0.2, 0.25) is 0 Å². The van der Waals surface area contributed by atoms with E-state index >= 15 is 0 Å². The predicted octanol–water partition coefficient (Wildman–Crippen LogP) is 2.45.